The maximum absolute atomic E-state index is 11.7. The summed E-state index contributed by atoms with van der Waals surface area (Å²) in [6, 6.07) is 2.17. The van der Waals surface area contributed by atoms with E-state index in [0.29, 0.717) is 31.4 Å². The summed E-state index contributed by atoms with van der Waals surface area (Å²) in [5, 5.41) is 12.9. The first-order chi connectivity index (χ1) is 11.0. The first-order valence-corrected chi connectivity index (χ1v) is 10.1. The predicted molar refractivity (Wildman–Crippen MR) is 93.4 cm³/mol. The molecule has 0 fully saturated rings. The van der Waals surface area contributed by atoms with Gasteiger partial charge in [0.15, 0.2) is 0 Å². The summed E-state index contributed by atoms with van der Waals surface area (Å²) in [6.45, 7) is 3.80. The molecule has 0 bridgehead atoms. The van der Waals surface area contributed by atoms with Crippen molar-refractivity contribution in [2.24, 2.45) is 5.16 Å². The summed E-state index contributed by atoms with van der Waals surface area (Å²) in [4.78, 5) is 1.17. The Morgan fingerprint density at radius 2 is 2.22 bits per heavy atom. The lowest BCUT2D eigenvalue weighted by Crippen LogP contribution is -2.15. The summed E-state index contributed by atoms with van der Waals surface area (Å²) in [6.07, 6.45) is 6.03. The van der Waals surface area contributed by atoms with Gasteiger partial charge in [0.05, 0.1) is 24.0 Å². The highest BCUT2D eigenvalue weighted by Gasteiger charge is 2.23. The molecule has 0 saturated heterocycles. The van der Waals surface area contributed by atoms with Crippen molar-refractivity contribution in [3.63, 3.8) is 0 Å². The molecule has 0 aromatic heterocycles. The van der Waals surface area contributed by atoms with E-state index in [2.05, 4.69) is 23.4 Å². The van der Waals surface area contributed by atoms with E-state index in [0.717, 1.165) is 22.5 Å². The summed E-state index contributed by atoms with van der Waals surface area (Å²) in [7, 11) is -3.61. The smallest absolute Gasteiger partial charge is 0.269 e. The third-order valence-corrected chi connectivity index (χ3v) is 5.97. The molecular formula is C16H20N2O3S2. The largest absolute Gasteiger partial charge is 0.328 e. The van der Waals surface area contributed by atoms with Gasteiger partial charge in [-0.2, -0.15) is 13.7 Å². The van der Waals surface area contributed by atoms with Crippen molar-refractivity contribution < 1.29 is 12.7 Å². The summed E-state index contributed by atoms with van der Waals surface area (Å²) in [5.41, 5.74) is 3.88. The zero-order valence-corrected chi connectivity index (χ0v) is 15.0. The van der Waals surface area contributed by atoms with Crippen LogP contribution in [0.2, 0.25) is 0 Å². The number of nitrogens with zero attached hydrogens (tertiary/aromatic N) is 2. The number of rotatable bonds is 5. The van der Waals surface area contributed by atoms with Gasteiger partial charge in [0.1, 0.15) is 0 Å². The summed E-state index contributed by atoms with van der Waals surface area (Å²) >= 11 is 1.74. The molecule has 0 N–H and O–H groups in total. The molecule has 2 rings (SSSR count). The lowest BCUT2D eigenvalue weighted by Gasteiger charge is -2.22. The molecule has 1 heterocycles. The lowest BCUT2D eigenvalue weighted by atomic mass is 9.85. The normalized spacial score (nSPS) is 23.4. The zero-order valence-electron chi connectivity index (χ0n) is 13.3. The Bertz CT molecular complexity index is 738. The number of oxime groups is 1. The quantitative estimate of drug-likeness (QED) is 0.705. The molecule has 0 amide bonds. The first kappa shape index (κ1) is 17.8. The van der Waals surface area contributed by atoms with E-state index in [1.807, 2.05) is 6.92 Å². The molecule has 5 nitrogen and oxygen atoms in total. The van der Waals surface area contributed by atoms with Crippen LogP contribution < -0.4 is 0 Å². The molecule has 0 saturated carbocycles. The molecular weight excluding hydrogens is 332 g/mol. The molecule has 2 aliphatic rings. The molecule has 0 atom stereocenters. The van der Waals surface area contributed by atoms with Crippen molar-refractivity contribution in [2.75, 3.05) is 11.5 Å². The van der Waals surface area contributed by atoms with E-state index in [9.17, 15) is 8.42 Å². The highest BCUT2D eigenvalue weighted by Crippen LogP contribution is 2.38. The standard InChI is InChI=1S/C16H20N2O3S2/c1-3-9-23(19,20)21-18-14-10-13(6-7-17)12(2)15(11-14)16-5-4-8-22-16/h4-5H,3,6,8-11H2,1-2H3. The van der Waals surface area contributed by atoms with Crippen LogP contribution >= 0.6 is 11.8 Å². The second kappa shape index (κ2) is 7.84. The fourth-order valence-corrected chi connectivity index (χ4v) is 4.30. The van der Waals surface area contributed by atoms with Crippen LogP contribution in [-0.2, 0) is 14.4 Å². The Morgan fingerprint density at radius 3 is 2.83 bits per heavy atom. The van der Waals surface area contributed by atoms with Gasteiger partial charge in [-0.05, 0) is 30.1 Å². The van der Waals surface area contributed by atoms with Gasteiger partial charge >= 0.3 is 10.1 Å². The first-order valence-electron chi connectivity index (χ1n) is 7.52. The fourth-order valence-electron chi connectivity index (χ4n) is 2.54. The summed E-state index contributed by atoms with van der Waals surface area (Å²) in [5.74, 6) is 0.893. The van der Waals surface area contributed by atoms with Crippen molar-refractivity contribution in [3.05, 3.63) is 33.8 Å². The van der Waals surface area contributed by atoms with Crippen LogP contribution in [0.1, 0.15) is 39.5 Å². The predicted octanol–water partition coefficient (Wildman–Crippen LogP) is 3.68. The number of allylic oxidation sites excluding steroid dienone is 4. The lowest BCUT2D eigenvalue weighted by molar-refractivity contribution is 0.336. The van der Waals surface area contributed by atoms with Gasteiger partial charge in [0, 0.05) is 23.5 Å². The second-order valence-electron chi connectivity index (χ2n) is 5.47. The second-order valence-corrected chi connectivity index (χ2v) is 8.20. The average molecular weight is 352 g/mol. The molecule has 23 heavy (non-hydrogen) atoms. The Hall–Kier alpha value is -1.52. The Balaban J connectivity index is 2.30. The van der Waals surface area contributed by atoms with Crippen LogP contribution in [-0.4, -0.2) is 25.6 Å². The third-order valence-electron chi connectivity index (χ3n) is 3.71. The van der Waals surface area contributed by atoms with Crippen molar-refractivity contribution >= 4 is 27.6 Å². The Kier molecular flexibility index (Phi) is 6.08. The maximum Gasteiger partial charge on any atom is 0.328 e. The topological polar surface area (TPSA) is 79.5 Å². The van der Waals surface area contributed by atoms with E-state index in [1.54, 1.807) is 18.7 Å². The SMILES string of the molecule is CCCS(=O)(=O)ON=C1CC(CC#N)=C(C)C(=C2C=CCS2)C1. The average Bonchev–Trinajstić information content (AvgIpc) is 3.02. The molecule has 1 aliphatic heterocycles. The number of hydrogen-bond donors (Lipinski definition) is 0. The van der Waals surface area contributed by atoms with E-state index in [-0.39, 0.29) is 5.75 Å². The summed E-state index contributed by atoms with van der Waals surface area (Å²) < 4.78 is 28.1. The molecule has 124 valence electrons. The molecule has 0 radical (unpaired) electrons. The zero-order chi connectivity index (χ0) is 16.9. The minimum atomic E-state index is -3.61. The molecule has 7 heteroatoms. The van der Waals surface area contributed by atoms with E-state index >= 15 is 0 Å². The van der Waals surface area contributed by atoms with Crippen LogP contribution in [0.15, 0.2) is 38.9 Å². The minimum absolute atomic E-state index is 0.0454. The molecule has 0 aromatic rings. The molecule has 1 aliphatic carbocycles. The van der Waals surface area contributed by atoms with Crippen LogP contribution in [0, 0.1) is 11.3 Å². The van der Waals surface area contributed by atoms with Crippen LogP contribution in [0.5, 0.6) is 0 Å². The van der Waals surface area contributed by atoms with E-state index < -0.39 is 10.1 Å². The number of nitriles is 1. The fraction of sp³-hybridized carbons (Fsp3) is 0.500. The third kappa shape index (κ3) is 4.72. The van der Waals surface area contributed by atoms with E-state index in [4.69, 9.17) is 9.55 Å². The highest BCUT2D eigenvalue weighted by molar-refractivity contribution is 8.03. The van der Waals surface area contributed by atoms with Gasteiger partial charge < -0.3 is 0 Å². The number of thioether (sulfide) groups is 1. The Morgan fingerprint density at radius 1 is 1.43 bits per heavy atom. The maximum atomic E-state index is 11.7. The van der Waals surface area contributed by atoms with Gasteiger partial charge in [-0.3, -0.25) is 4.28 Å². The van der Waals surface area contributed by atoms with E-state index in [1.165, 1.54) is 4.91 Å². The van der Waals surface area contributed by atoms with Crippen molar-refractivity contribution in [1.82, 2.24) is 0 Å². The molecule has 0 unspecified atom stereocenters. The monoisotopic (exact) mass is 352 g/mol. The van der Waals surface area contributed by atoms with Gasteiger partial charge in [-0.1, -0.05) is 24.2 Å². The Labute approximate surface area is 141 Å². The van der Waals surface area contributed by atoms with Gasteiger partial charge in [-0.15, -0.1) is 11.8 Å². The molecule has 0 spiro atoms. The van der Waals surface area contributed by atoms with Crippen LogP contribution in [0.4, 0.5) is 0 Å². The minimum Gasteiger partial charge on any atom is -0.269 e. The van der Waals surface area contributed by atoms with Crippen molar-refractivity contribution in [1.29, 1.82) is 5.26 Å². The molecule has 0 aromatic carbocycles. The van der Waals surface area contributed by atoms with Crippen molar-refractivity contribution in [2.45, 2.75) is 39.5 Å². The van der Waals surface area contributed by atoms with Crippen molar-refractivity contribution in [3.8, 4) is 6.07 Å². The van der Waals surface area contributed by atoms with Crippen LogP contribution in [0.25, 0.3) is 0 Å². The number of hydrogen-bond acceptors (Lipinski definition) is 6. The van der Waals surface area contributed by atoms with Gasteiger partial charge in [0.2, 0.25) is 0 Å². The van der Waals surface area contributed by atoms with Gasteiger partial charge in [-0.25, -0.2) is 0 Å². The highest BCUT2D eigenvalue weighted by atomic mass is 32.2. The van der Waals surface area contributed by atoms with Gasteiger partial charge in [0.25, 0.3) is 0 Å². The van der Waals surface area contributed by atoms with Crippen LogP contribution in [0.3, 0.4) is 0 Å².